The number of hydrogen-bond donors (Lipinski definition) is 0. The highest BCUT2D eigenvalue weighted by molar-refractivity contribution is 6.35. The van der Waals surface area contributed by atoms with E-state index in [9.17, 15) is 0 Å². The number of terminal acetylenes is 1. The van der Waals surface area contributed by atoms with Crippen LogP contribution in [0.4, 0.5) is 0 Å². The summed E-state index contributed by atoms with van der Waals surface area (Å²) in [7, 11) is 1.80. The molecule has 0 aliphatic heterocycles. The van der Waals surface area contributed by atoms with Gasteiger partial charge in [0, 0.05) is 12.1 Å². The number of nitrogens with zero attached hydrogens (tertiary/aromatic N) is 1. The van der Waals surface area contributed by atoms with Gasteiger partial charge in [0.1, 0.15) is 6.04 Å². The van der Waals surface area contributed by atoms with Crippen LogP contribution in [0.3, 0.4) is 0 Å². The summed E-state index contributed by atoms with van der Waals surface area (Å²) in [4.78, 5) is 5.61. The summed E-state index contributed by atoms with van der Waals surface area (Å²) in [6, 6.07) is 5.02. The Bertz CT molecular complexity index is 414. The predicted molar refractivity (Wildman–Crippen MR) is 72.4 cm³/mol. The van der Waals surface area contributed by atoms with E-state index in [1.165, 1.54) is 0 Å². The first-order chi connectivity index (χ1) is 8.08. The normalized spacial score (nSPS) is 12.2. The van der Waals surface area contributed by atoms with Gasteiger partial charge in [0.05, 0.1) is 5.02 Å². The Kier molecular flexibility index (Phi) is 5.64. The molecule has 0 heterocycles. The molecule has 1 aromatic carbocycles. The van der Waals surface area contributed by atoms with Gasteiger partial charge in [0.25, 0.3) is 0 Å². The molecule has 0 saturated heterocycles. The SMILES string of the molecule is C#CC(CCC)N(C)Oc1ccc(Cl)cc1Cl. The number of benzene rings is 1. The number of hydrogen-bond acceptors (Lipinski definition) is 2. The largest absolute Gasteiger partial charge is 0.403 e. The highest BCUT2D eigenvalue weighted by Crippen LogP contribution is 2.28. The van der Waals surface area contributed by atoms with Crippen molar-refractivity contribution in [2.45, 2.75) is 25.8 Å². The number of hydroxylamine groups is 2. The van der Waals surface area contributed by atoms with Crippen molar-refractivity contribution in [3.8, 4) is 18.1 Å². The molecule has 0 aromatic heterocycles. The van der Waals surface area contributed by atoms with E-state index in [1.807, 2.05) is 0 Å². The second-order valence-corrected chi connectivity index (χ2v) is 4.53. The zero-order valence-corrected chi connectivity index (χ0v) is 11.4. The van der Waals surface area contributed by atoms with Crippen LogP contribution in [0, 0.1) is 12.3 Å². The molecule has 1 aromatic rings. The van der Waals surface area contributed by atoms with Gasteiger partial charge in [-0.05, 0) is 24.6 Å². The van der Waals surface area contributed by atoms with Crippen LogP contribution in [-0.4, -0.2) is 18.2 Å². The number of rotatable bonds is 5. The van der Waals surface area contributed by atoms with Crippen LogP contribution >= 0.6 is 23.2 Å². The Morgan fingerprint density at radius 2 is 2.18 bits per heavy atom. The van der Waals surface area contributed by atoms with Crippen molar-refractivity contribution in [3.05, 3.63) is 28.2 Å². The Balaban J connectivity index is 2.73. The lowest BCUT2D eigenvalue weighted by atomic mass is 10.2. The Morgan fingerprint density at radius 3 is 2.71 bits per heavy atom. The third kappa shape index (κ3) is 4.12. The van der Waals surface area contributed by atoms with Crippen LogP contribution in [0.1, 0.15) is 19.8 Å². The summed E-state index contributed by atoms with van der Waals surface area (Å²) in [5.74, 6) is 3.24. The first kappa shape index (κ1) is 14.2. The lowest BCUT2D eigenvalue weighted by Crippen LogP contribution is -2.33. The van der Waals surface area contributed by atoms with Gasteiger partial charge in [-0.3, -0.25) is 0 Å². The van der Waals surface area contributed by atoms with Crippen LogP contribution in [0.2, 0.25) is 10.0 Å². The van der Waals surface area contributed by atoms with Gasteiger partial charge < -0.3 is 4.84 Å². The number of halogens is 2. The van der Waals surface area contributed by atoms with Gasteiger partial charge in [-0.15, -0.1) is 11.5 Å². The topological polar surface area (TPSA) is 12.5 Å². The van der Waals surface area contributed by atoms with Crippen molar-refractivity contribution >= 4 is 23.2 Å². The predicted octanol–water partition coefficient (Wildman–Crippen LogP) is 4.02. The molecule has 0 aliphatic rings. The van der Waals surface area contributed by atoms with Gasteiger partial charge in [-0.25, -0.2) is 0 Å². The minimum absolute atomic E-state index is 0.0632. The minimum Gasteiger partial charge on any atom is -0.403 e. The molecule has 1 atom stereocenters. The Morgan fingerprint density at radius 1 is 1.47 bits per heavy atom. The first-order valence-corrected chi connectivity index (χ1v) is 6.16. The molecule has 1 rings (SSSR count). The molecule has 0 spiro atoms. The fourth-order valence-electron chi connectivity index (χ4n) is 1.41. The molecule has 0 bridgehead atoms. The molecule has 0 fully saturated rings. The highest BCUT2D eigenvalue weighted by atomic mass is 35.5. The summed E-state index contributed by atoms with van der Waals surface area (Å²) in [5.41, 5.74) is 0. The van der Waals surface area contributed by atoms with Crippen molar-refractivity contribution in [3.63, 3.8) is 0 Å². The second kappa shape index (κ2) is 6.76. The molecule has 0 aliphatic carbocycles. The first-order valence-electron chi connectivity index (χ1n) is 5.40. The third-order valence-corrected chi connectivity index (χ3v) is 2.86. The summed E-state index contributed by atoms with van der Waals surface area (Å²) >= 11 is 11.8. The van der Waals surface area contributed by atoms with Gasteiger partial charge in [-0.1, -0.05) is 42.5 Å². The van der Waals surface area contributed by atoms with E-state index in [2.05, 4.69) is 12.8 Å². The lowest BCUT2D eigenvalue weighted by molar-refractivity contribution is -0.0548. The maximum atomic E-state index is 6.01. The Hall–Kier alpha value is -0.880. The maximum Gasteiger partial charge on any atom is 0.166 e. The average molecular weight is 272 g/mol. The van der Waals surface area contributed by atoms with E-state index >= 15 is 0 Å². The molecule has 92 valence electrons. The van der Waals surface area contributed by atoms with Crippen molar-refractivity contribution in [1.29, 1.82) is 0 Å². The molecular formula is C13H15Cl2NO. The van der Waals surface area contributed by atoms with E-state index in [-0.39, 0.29) is 6.04 Å². The highest BCUT2D eigenvalue weighted by Gasteiger charge is 2.14. The van der Waals surface area contributed by atoms with Crippen LogP contribution in [-0.2, 0) is 0 Å². The second-order valence-electron chi connectivity index (χ2n) is 3.68. The van der Waals surface area contributed by atoms with E-state index in [4.69, 9.17) is 34.5 Å². The van der Waals surface area contributed by atoms with Crippen molar-refractivity contribution in [2.75, 3.05) is 7.05 Å². The zero-order chi connectivity index (χ0) is 12.8. The van der Waals surface area contributed by atoms with E-state index in [0.29, 0.717) is 15.8 Å². The van der Waals surface area contributed by atoms with Crippen molar-refractivity contribution < 1.29 is 4.84 Å². The summed E-state index contributed by atoms with van der Waals surface area (Å²) in [6.45, 7) is 2.08. The third-order valence-electron chi connectivity index (χ3n) is 2.33. The van der Waals surface area contributed by atoms with E-state index in [1.54, 1.807) is 30.3 Å². The molecular weight excluding hydrogens is 257 g/mol. The van der Waals surface area contributed by atoms with Gasteiger partial charge in [0.2, 0.25) is 0 Å². The monoisotopic (exact) mass is 271 g/mol. The zero-order valence-electron chi connectivity index (χ0n) is 9.91. The van der Waals surface area contributed by atoms with Crippen molar-refractivity contribution in [1.82, 2.24) is 5.06 Å². The molecule has 0 saturated carbocycles. The molecule has 17 heavy (non-hydrogen) atoms. The standard InChI is InChI=1S/C13H15Cl2NO/c1-4-6-11(5-2)16(3)17-13-8-7-10(14)9-12(13)15/h2,7-9,11H,4,6H2,1,3H3. The van der Waals surface area contributed by atoms with E-state index in [0.717, 1.165) is 12.8 Å². The Labute approximate surface area is 112 Å². The van der Waals surface area contributed by atoms with E-state index < -0.39 is 0 Å². The summed E-state index contributed by atoms with van der Waals surface area (Å²) in [6.07, 6.45) is 7.32. The van der Waals surface area contributed by atoms with Gasteiger partial charge in [-0.2, -0.15) is 0 Å². The van der Waals surface area contributed by atoms with Gasteiger partial charge >= 0.3 is 0 Å². The quantitative estimate of drug-likeness (QED) is 0.593. The summed E-state index contributed by atoms with van der Waals surface area (Å²) < 4.78 is 0. The van der Waals surface area contributed by atoms with Crippen molar-refractivity contribution in [2.24, 2.45) is 0 Å². The molecule has 0 radical (unpaired) electrons. The fourth-order valence-corrected chi connectivity index (χ4v) is 1.85. The van der Waals surface area contributed by atoms with Crippen LogP contribution in [0.25, 0.3) is 0 Å². The molecule has 0 amide bonds. The molecule has 0 N–H and O–H groups in total. The minimum atomic E-state index is -0.0632. The van der Waals surface area contributed by atoms with Crippen LogP contribution in [0.15, 0.2) is 18.2 Å². The lowest BCUT2D eigenvalue weighted by Gasteiger charge is -2.23. The van der Waals surface area contributed by atoms with Gasteiger partial charge in [0.15, 0.2) is 5.75 Å². The van der Waals surface area contributed by atoms with Crippen LogP contribution in [0.5, 0.6) is 5.75 Å². The molecule has 2 nitrogen and oxygen atoms in total. The summed E-state index contributed by atoms with van der Waals surface area (Å²) in [5, 5.41) is 2.68. The molecule has 4 heteroatoms. The average Bonchev–Trinajstić information content (AvgIpc) is 2.29. The fraction of sp³-hybridized carbons (Fsp3) is 0.385. The van der Waals surface area contributed by atoms with Crippen LogP contribution < -0.4 is 4.84 Å². The smallest absolute Gasteiger partial charge is 0.166 e. The molecule has 1 unspecified atom stereocenters. The maximum absolute atomic E-state index is 6.01.